The number of pyridine rings is 1. The minimum Gasteiger partial charge on any atom is -0.389 e. The number of nitrogens with zero attached hydrogens (tertiary/aromatic N) is 2. The first-order chi connectivity index (χ1) is 8.49. The van der Waals surface area contributed by atoms with Gasteiger partial charge in [0.05, 0.1) is 12.1 Å². The maximum absolute atomic E-state index is 12.4. The largest absolute Gasteiger partial charge is 0.389 e. The number of halogens is 2. The molecule has 0 amide bonds. The highest BCUT2D eigenvalue weighted by molar-refractivity contribution is 7.80. The van der Waals surface area contributed by atoms with Crippen LogP contribution in [0.3, 0.4) is 0 Å². The van der Waals surface area contributed by atoms with Gasteiger partial charge >= 0.3 is 0 Å². The Morgan fingerprint density at radius 3 is 2.89 bits per heavy atom. The third kappa shape index (κ3) is 2.58. The highest BCUT2D eigenvalue weighted by Gasteiger charge is 2.21. The van der Waals surface area contributed by atoms with E-state index in [-0.39, 0.29) is 11.5 Å². The van der Waals surface area contributed by atoms with Gasteiger partial charge in [0.2, 0.25) is 0 Å². The maximum atomic E-state index is 12.4. The van der Waals surface area contributed by atoms with Gasteiger partial charge in [0.25, 0.3) is 6.43 Å². The van der Waals surface area contributed by atoms with Crippen molar-refractivity contribution in [3.63, 3.8) is 0 Å². The molecule has 0 radical (unpaired) electrons. The number of hydrogen-bond donors (Lipinski definition) is 1. The number of aryl methyl sites for hydroxylation is 2. The molecule has 18 heavy (non-hydrogen) atoms. The zero-order valence-corrected chi connectivity index (χ0v) is 10.9. The molecule has 0 spiro atoms. The minimum atomic E-state index is -2.41. The standard InChI is InChI=1S/C12H15F2N3S/c1-17(6-10(13)14)12-8(11(15)18)5-7-3-2-4-9(7)16-12/h5,10H,2-4,6H2,1H3,(H2,15,18). The van der Waals surface area contributed by atoms with Gasteiger partial charge in [-0.25, -0.2) is 13.8 Å². The summed E-state index contributed by atoms with van der Waals surface area (Å²) in [5.41, 5.74) is 8.36. The molecule has 0 aliphatic heterocycles. The van der Waals surface area contributed by atoms with Crippen LogP contribution in [0.2, 0.25) is 0 Å². The predicted octanol–water partition coefficient (Wildman–Crippen LogP) is 1.91. The smallest absolute Gasteiger partial charge is 0.255 e. The summed E-state index contributed by atoms with van der Waals surface area (Å²) in [6.45, 7) is -0.374. The molecule has 2 rings (SSSR count). The average Bonchev–Trinajstić information content (AvgIpc) is 2.72. The van der Waals surface area contributed by atoms with E-state index in [9.17, 15) is 8.78 Å². The number of hydrogen-bond acceptors (Lipinski definition) is 3. The number of fused-ring (bicyclic) bond motifs is 1. The average molecular weight is 271 g/mol. The first-order valence-corrected chi connectivity index (χ1v) is 6.21. The van der Waals surface area contributed by atoms with Crippen molar-refractivity contribution < 1.29 is 8.78 Å². The van der Waals surface area contributed by atoms with Crippen molar-refractivity contribution >= 4 is 23.0 Å². The Morgan fingerprint density at radius 1 is 1.56 bits per heavy atom. The van der Waals surface area contributed by atoms with Crippen LogP contribution >= 0.6 is 12.2 Å². The minimum absolute atomic E-state index is 0.202. The van der Waals surface area contributed by atoms with Crippen molar-refractivity contribution in [2.45, 2.75) is 25.7 Å². The van der Waals surface area contributed by atoms with Gasteiger partial charge in [0.1, 0.15) is 10.8 Å². The second-order valence-electron chi connectivity index (χ2n) is 4.45. The van der Waals surface area contributed by atoms with Crippen LogP contribution in [-0.2, 0) is 12.8 Å². The number of thiocarbonyl (C=S) groups is 1. The van der Waals surface area contributed by atoms with E-state index in [1.807, 2.05) is 6.07 Å². The summed E-state index contributed by atoms with van der Waals surface area (Å²) in [5.74, 6) is 0.462. The van der Waals surface area contributed by atoms with E-state index >= 15 is 0 Å². The molecule has 1 aromatic rings. The quantitative estimate of drug-likeness (QED) is 0.849. The second-order valence-corrected chi connectivity index (χ2v) is 4.89. The lowest BCUT2D eigenvalue weighted by Gasteiger charge is -2.21. The van der Waals surface area contributed by atoms with Gasteiger partial charge in [-0.15, -0.1) is 0 Å². The van der Waals surface area contributed by atoms with E-state index in [4.69, 9.17) is 18.0 Å². The predicted molar refractivity (Wildman–Crippen MR) is 71.4 cm³/mol. The van der Waals surface area contributed by atoms with Crippen LogP contribution < -0.4 is 10.6 Å². The van der Waals surface area contributed by atoms with Crippen LogP contribution in [0.4, 0.5) is 14.6 Å². The number of anilines is 1. The normalized spacial score (nSPS) is 13.8. The highest BCUT2D eigenvalue weighted by atomic mass is 32.1. The summed E-state index contributed by atoms with van der Waals surface area (Å²) in [6, 6.07) is 1.90. The molecule has 6 heteroatoms. The Bertz CT molecular complexity index is 477. The molecule has 2 N–H and O–H groups in total. The van der Waals surface area contributed by atoms with Crippen LogP contribution in [0.15, 0.2) is 6.07 Å². The van der Waals surface area contributed by atoms with E-state index in [0.29, 0.717) is 11.4 Å². The van der Waals surface area contributed by atoms with Crippen molar-refractivity contribution in [1.82, 2.24) is 4.98 Å². The monoisotopic (exact) mass is 271 g/mol. The molecule has 0 aromatic carbocycles. The molecule has 98 valence electrons. The van der Waals surface area contributed by atoms with Gasteiger partial charge in [0.15, 0.2) is 0 Å². The molecule has 1 aliphatic rings. The molecule has 0 saturated carbocycles. The van der Waals surface area contributed by atoms with Gasteiger partial charge in [-0.05, 0) is 30.9 Å². The van der Waals surface area contributed by atoms with Gasteiger partial charge in [-0.2, -0.15) is 0 Å². The lowest BCUT2D eigenvalue weighted by molar-refractivity contribution is 0.156. The molecule has 0 unspecified atom stereocenters. The van der Waals surface area contributed by atoms with E-state index in [1.54, 1.807) is 7.05 Å². The third-order valence-electron chi connectivity index (χ3n) is 3.07. The first kappa shape index (κ1) is 13.1. The summed E-state index contributed by atoms with van der Waals surface area (Å²) >= 11 is 4.98. The lowest BCUT2D eigenvalue weighted by Crippen LogP contribution is -2.28. The van der Waals surface area contributed by atoms with Crippen LogP contribution in [-0.4, -0.2) is 30.0 Å². The second kappa shape index (κ2) is 5.14. The van der Waals surface area contributed by atoms with Crippen molar-refractivity contribution in [3.8, 4) is 0 Å². The molecular weight excluding hydrogens is 256 g/mol. The van der Waals surface area contributed by atoms with E-state index in [1.165, 1.54) is 4.90 Å². The van der Waals surface area contributed by atoms with Gasteiger partial charge < -0.3 is 10.6 Å². The van der Waals surface area contributed by atoms with Gasteiger partial charge in [0, 0.05) is 12.7 Å². The summed E-state index contributed by atoms with van der Waals surface area (Å²) in [5, 5.41) is 0. The third-order valence-corrected chi connectivity index (χ3v) is 3.29. The van der Waals surface area contributed by atoms with E-state index < -0.39 is 6.43 Å². The van der Waals surface area contributed by atoms with Crippen molar-refractivity contribution in [2.75, 3.05) is 18.5 Å². The van der Waals surface area contributed by atoms with Crippen LogP contribution in [0.25, 0.3) is 0 Å². The Labute approximate surface area is 110 Å². The summed E-state index contributed by atoms with van der Waals surface area (Å²) in [6.07, 6.45) is 0.477. The summed E-state index contributed by atoms with van der Waals surface area (Å²) in [4.78, 5) is 6.07. The number of nitrogens with two attached hydrogens (primary N) is 1. The lowest BCUT2D eigenvalue weighted by atomic mass is 10.1. The SMILES string of the molecule is CN(CC(F)F)c1nc2c(cc1C(N)=S)CCC2. The highest BCUT2D eigenvalue weighted by Crippen LogP contribution is 2.27. The Hall–Kier alpha value is -1.30. The number of rotatable bonds is 4. The summed E-state index contributed by atoms with van der Waals surface area (Å²) in [7, 11) is 1.58. The Balaban J connectivity index is 2.41. The maximum Gasteiger partial charge on any atom is 0.255 e. The van der Waals surface area contributed by atoms with Crippen LogP contribution in [0.5, 0.6) is 0 Å². The Morgan fingerprint density at radius 2 is 2.28 bits per heavy atom. The molecule has 3 nitrogen and oxygen atoms in total. The van der Waals surface area contributed by atoms with Crippen LogP contribution in [0.1, 0.15) is 23.2 Å². The van der Waals surface area contributed by atoms with Gasteiger partial charge in [-0.1, -0.05) is 12.2 Å². The molecule has 0 bridgehead atoms. The van der Waals surface area contributed by atoms with Crippen molar-refractivity contribution in [2.24, 2.45) is 5.73 Å². The topological polar surface area (TPSA) is 42.2 Å². The molecule has 1 aliphatic carbocycles. The van der Waals surface area contributed by atoms with Crippen molar-refractivity contribution in [3.05, 3.63) is 22.9 Å². The number of alkyl halides is 2. The fourth-order valence-corrected chi connectivity index (χ4v) is 2.38. The molecule has 1 aromatic heterocycles. The van der Waals surface area contributed by atoms with Gasteiger partial charge in [-0.3, -0.25) is 0 Å². The summed E-state index contributed by atoms with van der Waals surface area (Å²) < 4.78 is 24.9. The molecule has 0 saturated heterocycles. The van der Waals surface area contributed by atoms with E-state index in [0.717, 1.165) is 30.5 Å². The first-order valence-electron chi connectivity index (χ1n) is 5.81. The molecule has 0 fully saturated rings. The Kier molecular flexibility index (Phi) is 3.75. The van der Waals surface area contributed by atoms with Crippen molar-refractivity contribution in [1.29, 1.82) is 0 Å². The van der Waals surface area contributed by atoms with E-state index in [2.05, 4.69) is 4.98 Å². The fourth-order valence-electron chi connectivity index (χ4n) is 2.23. The molecule has 0 atom stereocenters. The zero-order chi connectivity index (χ0) is 13.3. The molecular formula is C12H15F2N3S. The fraction of sp³-hybridized carbons (Fsp3) is 0.500. The number of aromatic nitrogens is 1. The molecule has 1 heterocycles. The van der Waals surface area contributed by atoms with Crippen LogP contribution in [0, 0.1) is 0 Å². The zero-order valence-electron chi connectivity index (χ0n) is 10.1.